The molecule has 0 radical (unpaired) electrons. The Morgan fingerprint density at radius 1 is 0.330 bits per heavy atom. The Kier molecular flexibility index (Phi) is 67.9. The lowest BCUT2D eigenvalue weighted by Crippen LogP contribution is -2.12. The maximum atomic E-state index is 7.39. The van der Waals surface area contributed by atoms with Crippen molar-refractivity contribution in [3.8, 4) is 0 Å². The molecule has 562 valence electrons. The van der Waals surface area contributed by atoms with Gasteiger partial charge in [-0.3, -0.25) is 0 Å². The van der Waals surface area contributed by atoms with Crippen molar-refractivity contribution in [2.24, 2.45) is 74.4 Å². The second kappa shape index (κ2) is 109. The Bertz CT molecular complexity index is 2070. The molecule has 0 bridgehead atoms. The first-order chi connectivity index (χ1) is 55.2. The summed E-state index contributed by atoms with van der Waals surface area (Å²) in [6, 6.07) is 0. The summed E-state index contributed by atoms with van der Waals surface area (Å²) in [6.07, 6.45) is 18.4. The zero-order valence-electron chi connectivity index (χ0n) is 108. The van der Waals surface area contributed by atoms with E-state index in [9.17, 15) is 0 Å². The van der Waals surface area contributed by atoms with Crippen LogP contribution in [0.3, 0.4) is 0 Å². The van der Waals surface area contributed by atoms with Crippen molar-refractivity contribution >= 4 is 0 Å². The number of unbranched alkanes of at least 4 members (excludes halogenated alkanes) is 10. The van der Waals surface area contributed by atoms with Gasteiger partial charge in [0.2, 0.25) is 0 Å². The van der Waals surface area contributed by atoms with E-state index in [2.05, 4.69) is 249 Å². The van der Waals surface area contributed by atoms with E-state index in [4.69, 9.17) is 53.5 Å². The van der Waals surface area contributed by atoms with Gasteiger partial charge >= 0.3 is 0 Å². The molecule has 0 aliphatic carbocycles. The average molecular weight is 1310 g/mol. The third-order valence-corrected chi connectivity index (χ3v) is 10.6. The van der Waals surface area contributed by atoms with E-state index in [0.29, 0.717) is 23.2 Å². The Morgan fingerprint density at radius 3 is 0.591 bits per heavy atom. The largest absolute Gasteiger partial charge is 0.0656 e. The van der Waals surface area contributed by atoms with E-state index in [-0.39, 0.29) is 12.8 Å². The van der Waals surface area contributed by atoms with Crippen molar-refractivity contribution in [3.63, 3.8) is 0 Å². The molecule has 0 aromatic carbocycles. The third-order valence-electron chi connectivity index (χ3n) is 10.6. The molecule has 0 aromatic rings. The molecule has 0 heterocycles. The fraction of sp³-hybridized carbons (Fsp3) is 1.00. The monoisotopic (exact) mass is 1310 g/mol. The number of hydrogen-bond acceptors (Lipinski definition) is 0. The molecule has 0 aromatic heterocycles. The second-order valence-electron chi connectivity index (χ2n) is 28.2. The molecule has 0 aliphatic rings. The van der Waals surface area contributed by atoms with Gasteiger partial charge in [0.1, 0.15) is 0 Å². The van der Waals surface area contributed by atoms with Gasteiger partial charge in [-0.2, -0.15) is 0 Å². The summed E-state index contributed by atoms with van der Waals surface area (Å²) >= 11 is 0. The van der Waals surface area contributed by atoms with E-state index < -0.39 is 117 Å². The van der Waals surface area contributed by atoms with Crippen LogP contribution in [0.1, 0.15) is 560 Å². The summed E-state index contributed by atoms with van der Waals surface area (Å²) in [5.41, 5.74) is -4.52. The minimum atomic E-state index is -3.48. The Balaban J connectivity index is -0.0000000691. The highest BCUT2D eigenvalue weighted by Crippen LogP contribution is 2.23. The molecule has 0 rings (SSSR count). The van der Waals surface area contributed by atoms with Gasteiger partial charge in [-0.1, -0.05) is 507 Å². The van der Waals surface area contributed by atoms with Crippen LogP contribution in [0.4, 0.5) is 0 Å². The van der Waals surface area contributed by atoms with E-state index in [1.165, 1.54) is 129 Å². The van der Waals surface area contributed by atoms with Crippen LogP contribution < -0.4 is 0 Å². The molecular formula is C88H210. The van der Waals surface area contributed by atoms with Gasteiger partial charge in [0.05, 0.1) is 0 Å². The van der Waals surface area contributed by atoms with E-state index in [0.717, 1.165) is 42.4 Å². The Morgan fingerprint density at radius 2 is 0.557 bits per heavy atom. The minimum Gasteiger partial charge on any atom is -0.0656 e. The molecule has 0 saturated carbocycles. The minimum absolute atomic E-state index is 0.208. The Labute approximate surface area is 633 Å². The first-order valence-corrected chi connectivity index (χ1v) is 35.7. The first-order valence-electron chi connectivity index (χ1n) is 55.2. The summed E-state index contributed by atoms with van der Waals surface area (Å²) in [7, 11) is 0. The van der Waals surface area contributed by atoms with Gasteiger partial charge < -0.3 is 0 Å². The lowest BCUT2D eigenvalue weighted by molar-refractivity contribution is 0.283. The van der Waals surface area contributed by atoms with Crippen LogP contribution in [-0.4, -0.2) is 0 Å². The molecule has 0 fully saturated rings. The summed E-state index contributed by atoms with van der Waals surface area (Å²) in [4.78, 5) is 0. The van der Waals surface area contributed by atoms with Gasteiger partial charge in [-0.05, 0) is 74.4 Å². The normalized spacial score (nSPS) is 18.8. The molecule has 88 heavy (non-hydrogen) atoms. The highest BCUT2D eigenvalue weighted by molar-refractivity contribution is 4.64. The van der Waals surface area contributed by atoms with E-state index in [1.807, 2.05) is 0 Å². The summed E-state index contributed by atoms with van der Waals surface area (Å²) in [5, 5.41) is 0. The Hall–Kier alpha value is 0. The molecule has 0 aliphatic heterocycles. The van der Waals surface area contributed by atoms with Crippen LogP contribution in [0, 0.1) is 74.4 Å². The fourth-order valence-electron chi connectivity index (χ4n) is 1.53. The van der Waals surface area contributed by atoms with Crippen LogP contribution in [0.15, 0.2) is 0 Å². The third kappa shape index (κ3) is 454. The predicted octanol–water partition coefficient (Wildman–Crippen LogP) is 36.6. The van der Waals surface area contributed by atoms with Crippen molar-refractivity contribution in [1.82, 2.24) is 0 Å². The van der Waals surface area contributed by atoms with E-state index >= 15 is 0 Å². The maximum absolute atomic E-state index is 7.39. The fourth-order valence-corrected chi connectivity index (χ4v) is 1.53. The first kappa shape index (κ1) is 55.0. The van der Waals surface area contributed by atoms with Crippen LogP contribution >= 0.6 is 0 Å². The molecular weight excluding hydrogens is 1060 g/mol. The van der Waals surface area contributed by atoms with Crippen molar-refractivity contribution in [2.45, 2.75) is 507 Å². The lowest BCUT2D eigenvalue weighted by atomic mass is 9.84. The standard InChI is InChI=1S/2C7H16.5C6H14.6C5H12.2C4H10.2C3H8/c1-6(2)7(3,4)5;1-3-5-7-6-4-2;3*1-5-6(2,3)4;1-5(2)6(3)4;1-3-5-6-4-2;1-5(2,3)4;4*1-4-5(2)3;1-3-5-4-2;1-4(2)3;1-3-4-2;2*1-3-2/h6H,1-5H3;3-7H2,1-2H3;3*5H2,1-4H3;5-6H,1-4H3;3-6H2,1-2H3;1-4H3;4*5H,4H2,1-3H3;3-5H2,1-2H3;4H,1-3H3;3-4H2,1-2H3;2*3H2,1-2H3/i;;2D3,3D3,4D3,5D2;2D3,3D3,4D3;;;;;2D3,3D3,4D2,5D;2D3,3D3,5D;;;;;;1D3;. The lowest BCUT2D eigenvalue weighted by Gasteiger charge is -2.22. The van der Waals surface area contributed by atoms with Crippen molar-refractivity contribution < 1.29 is 53.5 Å². The van der Waals surface area contributed by atoms with Crippen molar-refractivity contribution in [2.75, 3.05) is 0 Å². The zero-order valence-corrected chi connectivity index (χ0v) is 69.3. The van der Waals surface area contributed by atoms with Crippen LogP contribution in [0.2, 0.25) is 0 Å². The van der Waals surface area contributed by atoms with Gasteiger partial charge in [0.25, 0.3) is 0 Å². The summed E-state index contributed by atoms with van der Waals surface area (Å²) < 4.78 is 276. The zero-order chi connectivity index (χ0) is 108. The number of rotatable bonds is 15. The van der Waals surface area contributed by atoms with Crippen molar-refractivity contribution in [1.29, 1.82) is 0 Å². The SMILES string of the molecule is CC(C)(C)C.CC(C)C.CC(C)C(C)(C)C.CC(C)C(C)C.CCC.CCC(C)(C)C.CCC(C)C.CCC(C)C.CCCC.CCCCC.CCCCCC.CCCCCCC.[2H]C([2H])([2H])C(C([2H])([2H])[2H])(C([2H])([2H])[2H])C([2H])([2H])C.[2H]C([2H])([2H])C(CC)(C([2H])([2H])[2H])C([2H])([2H])[2H].[2H]C([2H])([2H])C([2H])(C([2H])([2H])[2H])C([2H])([2H])C.[2H]C([2H])([2H])C([2H])(CC)C([2H])([2H])[2H].[2H]C([2H])([2H])CC. The molecule has 0 nitrogen and oxygen atoms in total. The molecule has 0 N–H and O–H groups in total. The topological polar surface area (TPSA) is 0 Å². The van der Waals surface area contributed by atoms with Gasteiger partial charge in [-0.15, -0.1) is 0 Å². The smallest absolute Gasteiger partial charge is 0.0297 e. The quantitative estimate of drug-likeness (QED) is 0.143. The van der Waals surface area contributed by atoms with Gasteiger partial charge in [-0.25, -0.2) is 0 Å². The predicted molar refractivity (Wildman–Crippen MR) is 441 cm³/mol. The van der Waals surface area contributed by atoms with Crippen molar-refractivity contribution in [3.05, 3.63) is 0 Å². The second-order valence-corrected chi connectivity index (χ2v) is 28.2. The molecule has 0 unspecified atom stereocenters. The van der Waals surface area contributed by atoms with Crippen LogP contribution in [0.5, 0.6) is 0 Å². The highest BCUT2D eigenvalue weighted by atomic mass is 14.2. The molecule has 0 atom stereocenters. The van der Waals surface area contributed by atoms with Crippen LogP contribution in [-0.2, 0) is 0 Å². The molecule has 0 amide bonds. The molecule has 0 saturated heterocycles. The number of hydrogen-bond donors (Lipinski definition) is 0. The maximum Gasteiger partial charge on any atom is 0.0297 e. The molecule has 0 heteroatoms. The molecule has 0 spiro atoms. The average Bonchev–Trinajstić information content (AvgIpc) is 0.700. The van der Waals surface area contributed by atoms with E-state index in [1.54, 1.807) is 6.92 Å². The summed E-state index contributed by atoms with van der Waals surface area (Å²) in [5.74, 6) is -0.333. The highest BCUT2D eigenvalue weighted by Gasteiger charge is 2.13. The van der Waals surface area contributed by atoms with Gasteiger partial charge in [0, 0.05) is 53.5 Å². The van der Waals surface area contributed by atoms with Crippen LogP contribution in [0.25, 0.3) is 0 Å². The summed E-state index contributed by atoms with van der Waals surface area (Å²) in [6.45, 7) is 52.3. The van der Waals surface area contributed by atoms with Gasteiger partial charge in [0.15, 0.2) is 0 Å².